The van der Waals surface area contributed by atoms with E-state index in [1.807, 2.05) is 101 Å². The number of methoxy groups -OCH3 is 1. The van der Waals surface area contributed by atoms with Crippen LogP contribution in [0.5, 0.6) is 11.5 Å². The lowest BCUT2D eigenvalue weighted by molar-refractivity contribution is 0.0846. The molecular weight excluding hydrogens is 738 g/mol. The Morgan fingerprint density at radius 3 is 2.43 bits per heavy atom. The van der Waals surface area contributed by atoms with Gasteiger partial charge in [0.05, 0.1) is 46.2 Å². The third-order valence-electron chi connectivity index (χ3n) is 9.12. The lowest BCUT2D eigenvalue weighted by Gasteiger charge is -2.41. The highest BCUT2D eigenvalue weighted by molar-refractivity contribution is 8.01. The number of ether oxygens (including phenoxy) is 1. The van der Waals surface area contributed by atoms with E-state index in [-0.39, 0.29) is 29.3 Å². The number of para-hydroxylation sites is 1. The predicted molar refractivity (Wildman–Crippen MR) is 218 cm³/mol. The van der Waals surface area contributed by atoms with Crippen LogP contribution in [0.25, 0.3) is 22.2 Å². The van der Waals surface area contributed by atoms with E-state index in [0.29, 0.717) is 38.6 Å². The molecule has 10 nitrogen and oxygen atoms in total. The number of benzene rings is 4. The molecule has 0 aliphatic carbocycles. The van der Waals surface area contributed by atoms with Crippen molar-refractivity contribution in [1.29, 1.82) is 5.26 Å². The first-order chi connectivity index (χ1) is 26.0. The number of nitriles is 1. The number of phenols is 1. The van der Waals surface area contributed by atoms with Gasteiger partial charge in [-0.1, -0.05) is 65.8 Å². The maximum Gasteiger partial charge on any atom is 0.255 e. The molecule has 2 aromatic heterocycles. The van der Waals surface area contributed by atoms with Crippen LogP contribution >= 0.6 is 34.7 Å². The third-order valence-corrected chi connectivity index (χ3v) is 11.6. The first kappa shape index (κ1) is 38.6. The Labute approximate surface area is 328 Å². The first-order valence-electron chi connectivity index (χ1n) is 17.1. The summed E-state index contributed by atoms with van der Waals surface area (Å²) in [5.41, 5.74) is 5.24. The average Bonchev–Trinajstić information content (AvgIpc) is 3.63. The summed E-state index contributed by atoms with van der Waals surface area (Å²) in [6.07, 6.45) is 1.56. The third kappa shape index (κ3) is 8.16. The van der Waals surface area contributed by atoms with Gasteiger partial charge in [-0.2, -0.15) is 5.26 Å². The van der Waals surface area contributed by atoms with E-state index in [2.05, 4.69) is 26.5 Å². The van der Waals surface area contributed by atoms with Crippen LogP contribution in [-0.2, 0) is 0 Å². The Kier molecular flexibility index (Phi) is 12.1. The molecule has 54 heavy (non-hydrogen) atoms. The number of carbonyl (C=O) groups excluding carboxylic acids is 1. The summed E-state index contributed by atoms with van der Waals surface area (Å²) in [4.78, 5) is 28.0. The number of nitrogens with one attached hydrogen (secondary N) is 2. The molecule has 13 heteroatoms. The maximum atomic E-state index is 13.4. The number of fused-ring (bicyclic) bond motifs is 1. The van der Waals surface area contributed by atoms with Crippen LogP contribution in [0, 0.1) is 11.3 Å². The van der Waals surface area contributed by atoms with E-state index in [9.17, 15) is 15.2 Å². The van der Waals surface area contributed by atoms with Crippen LogP contribution in [0.4, 0.5) is 11.4 Å². The largest absolute Gasteiger partial charge is 0.507 e. The van der Waals surface area contributed by atoms with Gasteiger partial charge in [-0.05, 0) is 77.6 Å². The monoisotopic (exact) mass is 777 g/mol. The van der Waals surface area contributed by atoms with Gasteiger partial charge in [0.25, 0.3) is 5.91 Å². The molecule has 3 atom stereocenters. The summed E-state index contributed by atoms with van der Waals surface area (Å²) in [6.45, 7) is 1.94. The normalized spacial score (nSPS) is 13.0. The number of rotatable bonds is 13. The summed E-state index contributed by atoms with van der Waals surface area (Å²) in [6, 6.07) is 27.2. The van der Waals surface area contributed by atoms with Crippen LogP contribution in [0.2, 0.25) is 5.02 Å². The Morgan fingerprint density at radius 2 is 1.76 bits per heavy atom. The van der Waals surface area contributed by atoms with Crippen LogP contribution < -0.4 is 15.4 Å². The van der Waals surface area contributed by atoms with Crippen molar-refractivity contribution in [3.63, 3.8) is 0 Å². The number of hydrogen-bond acceptors (Lipinski definition) is 11. The SMILES string of the molecule is COc1ccc2c(Nc3ccc(Sc4nc(-c5ccccc5)cs4)c(Cl)c3)c(C#N)cnc2c1C(C(C(C)NC(=O)c1ccccc1O)N(C)C)N(C)C. The van der Waals surface area contributed by atoms with Crippen molar-refractivity contribution in [3.8, 4) is 28.8 Å². The lowest BCUT2D eigenvalue weighted by Crippen LogP contribution is -2.53. The summed E-state index contributed by atoms with van der Waals surface area (Å²) < 4.78 is 6.84. The number of aromatic nitrogens is 2. The molecule has 4 aromatic carbocycles. The van der Waals surface area contributed by atoms with E-state index in [1.54, 1.807) is 42.8 Å². The minimum Gasteiger partial charge on any atom is -0.507 e. The van der Waals surface area contributed by atoms with E-state index in [4.69, 9.17) is 26.3 Å². The molecule has 3 unspecified atom stereocenters. The molecule has 3 N–H and O–H groups in total. The Bertz CT molecular complexity index is 2330. The number of thiazole rings is 1. The lowest BCUT2D eigenvalue weighted by atomic mass is 9.89. The first-order valence-corrected chi connectivity index (χ1v) is 19.1. The maximum absolute atomic E-state index is 13.4. The van der Waals surface area contributed by atoms with E-state index in [0.717, 1.165) is 26.1 Å². The molecule has 0 aliphatic heterocycles. The van der Waals surface area contributed by atoms with E-state index < -0.39 is 6.04 Å². The quantitative estimate of drug-likeness (QED) is 0.105. The van der Waals surface area contributed by atoms with Crippen molar-refractivity contribution < 1.29 is 14.6 Å². The molecule has 6 aromatic rings. The minimum absolute atomic E-state index is 0.0902. The van der Waals surface area contributed by atoms with Gasteiger partial charge in [-0.25, -0.2) is 4.98 Å². The number of pyridine rings is 1. The van der Waals surface area contributed by atoms with Crippen LogP contribution in [0.1, 0.15) is 34.5 Å². The zero-order valence-electron chi connectivity index (χ0n) is 30.7. The molecule has 6 rings (SSSR count). The van der Waals surface area contributed by atoms with Crippen molar-refractivity contribution in [2.24, 2.45) is 0 Å². The number of hydrogen-bond donors (Lipinski definition) is 3. The number of carbonyl (C=O) groups is 1. The smallest absolute Gasteiger partial charge is 0.255 e. The number of phenolic OH excluding ortho intramolecular Hbond substituents is 1. The van der Waals surface area contributed by atoms with Crippen LogP contribution in [0.3, 0.4) is 0 Å². The Morgan fingerprint density at radius 1 is 1.02 bits per heavy atom. The van der Waals surface area contributed by atoms with Gasteiger partial charge < -0.3 is 30.3 Å². The second kappa shape index (κ2) is 16.9. The molecule has 0 saturated carbocycles. The van der Waals surface area contributed by atoms with Gasteiger partial charge in [0.1, 0.15) is 17.6 Å². The zero-order chi connectivity index (χ0) is 38.5. The molecule has 0 aliphatic rings. The molecule has 0 bridgehead atoms. The summed E-state index contributed by atoms with van der Waals surface area (Å²) >= 11 is 9.91. The minimum atomic E-state index is -0.400. The highest BCUT2D eigenvalue weighted by Gasteiger charge is 2.36. The van der Waals surface area contributed by atoms with Crippen molar-refractivity contribution in [3.05, 3.63) is 118 Å². The number of likely N-dealkylation sites (N-methyl/N-ethyl adjacent to an activating group) is 2. The van der Waals surface area contributed by atoms with E-state index >= 15 is 0 Å². The summed E-state index contributed by atoms with van der Waals surface area (Å²) in [7, 11) is 9.46. The van der Waals surface area contributed by atoms with Gasteiger partial charge in [-0.15, -0.1) is 11.3 Å². The van der Waals surface area contributed by atoms with Crippen LogP contribution in [-0.4, -0.2) is 78.2 Å². The molecule has 2 heterocycles. The van der Waals surface area contributed by atoms with Gasteiger partial charge >= 0.3 is 0 Å². The van der Waals surface area contributed by atoms with Gasteiger partial charge in [0, 0.05) is 50.8 Å². The van der Waals surface area contributed by atoms with Crippen molar-refractivity contribution in [2.75, 3.05) is 40.6 Å². The van der Waals surface area contributed by atoms with Gasteiger partial charge in [0.15, 0.2) is 4.34 Å². The molecule has 0 radical (unpaired) electrons. The molecule has 0 spiro atoms. The zero-order valence-corrected chi connectivity index (χ0v) is 33.1. The van der Waals surface area contributed by atoms with E-state index in [1.165, 1.54) is 17.8 Å². The molecule has 276 valence electrons. The molecule has 0 saturated heterocycles. The average molecular weight is 778 g/mol. The number of anilines is 2. The molecule has 0 fully saturated rings. The fraction of sp³-hybridized carbons (Fsp3) is 0.220. The second-order valence-electron chi connectivity index (χ2n) is 13.1. The standard InChI is InChI=1S/C41H40ClN7O3S2/c1-24(45-40(51)28-14-10-11-15-32(28)50)38(48(2)3)39(49(4)5)35-33(52-6)18-17-29-36(26(21-43)22-44-37(29)35)46-27-16-19-34(30(42)20-27)54-41-47-31(23-53-41)25-12-8-7-9-13-25/h7-20,22-24,38-39,50H,1-6H3,(H,44,46)(H,45,51). The summed E-state index contributed by atoms with van der Waals surface area (Å²) in [5.74, 6) is 0.134. The fourth-order valence-corrected chi connectivity index (χ4v) is 8.75. The topological polar surface area (TPSA) is 127 Å². The van der Waals surface area contributed by atoms with Crippen molar-refractivity contribution in [1.82, 2.24) is 25.1 Å². The number of halogens is 1. The number of amides is 1. The van der Waals surface area contributed by atoms with Crippen LogP contribution in [0.15, 0.2) is 106 Å². The molecule has 1 amide bonds. The number of nitrogens with zero attached hydrogens (tertiary/aromatic N) is 5. The van der Waals surface area contributed by atoms with Gasteiger partial charge in [0.2, 0.25) is 0 Å². The van der Waals surface area contributed by atoms with Gasteiger partial charge in [-0.3, -0.25) is 9.78 Å². The Hall–Kier alpha value is -5.16. The van der Waals surface area contributed by atoms with Crippen molar-refractivity contribution in [2.45, 2.75) is 34.3 Å². The highest BCUT2D eigenvalue weighted by Crippen LogP contribution is 2.43. The fourth-order valence-electron chi connectivity index (χ4n) is 6.67. The van der Waals surface area contributed by atoms with Crippen molar-refractivity contribution >= 4 is 62.9 Å². The molecular formula is C41H40ClN7O3S2. The summed E-state index contributed by atoms with van der Waals surface area (Å²) in [5, 5.41) is 30.5. The number of aromatic hydroxyl groups is 1. The second-order valence-corrected chi connectivity index (χ2v) is 15.7. The Balaban J connectivity index is 1.35. The highest BCUT2D eigenvalue weighted by atomic mass is 35.5. The predicted octanol–water partition coefficient (Wildman–Crippen LogP) is 8.84.